The molecule has 98 valence electrons. The highest BCUT2D eigenvalue weighted by Crippen LogP contribution is 2.28. The zero-order valence-electron chi connectivity index (χ0n) is 10.4. The molecule has 0 aliphatic carbocycles. The second kappa shape index (κ2) is 6.24. The van der Waals surface area contributed by atoms with Crippen molar-refractivity contribution in [1.29, 1.82) is 0 Å². The number of thiocarbonyl (C=S) groups is 1. The summed E-state index contributed by atoms with van der Waals surface area (Å²) in [4.78, 5) is 16.6. The third-order valence-corrected chi connectivity index (χ3v) is 3.94. The van der Waals surface area contributed by atoms with E-state index in [0.29, 0.717) is 18.7 Å². The SMILES string of the molecule is CCC(CC)(C(=O)Nc1ccc(Br)cn1)C(N)=S. The lowest BCUT2D eigenvalue weighted by Gasteiger charge is -2.28. The average Bonchev–Trinajstić information content (AvgIpc) is 2.34. The summed E-state index contributed by atoms with van der Waals surface area (Å²) in [6.45, 7) is 3.80. The van der Waals surface area contributed by atoms with Crippen LogP contribution in [0.2, 0.25) is 0 Å². The van der Waals surface area contributed by atoms with Crippen LogP contribution in [0.5, 0.6) is 0 Å². The molecule has 1 aromatic rings. The first-order valence-electron chi connectivity index (χ1n) is 5.69. The summed E-state index contributed by atoms with van der Waals surface area (Å²) in [6.07, 6.45) is 2.76. The Morgan fingerprint density at radius 1 is 1.50 bits per heavy atom. The van der Waals surface area contributed by atoms with Gasteiger partial charge in [-0.05, 0) is 40.9 Å². The first kappa shape index (κ1) is 15.0. The van der Waals surface area contributed by atoms with Crippen molar-refractivity contribution < 1.29 is 4.79 Å². The first-order chi connectivity index (χ1) is 8.46. The summed E-state index contributed by atoms with van der Waals surface area (Å²) < 4.78 is 0.854. The molecule has 1 amide bonds. The summed E-state index contributed by atoms with van der Waals surface area (Å²) in [5.41, 5.74) is 4.91. The molecule has 0 bridgehead atoms. The number of carbonyl (C=O) groups is 1. The molecule has 0 aromatic carbocycles. The molecule has 4 nitrogen and oxygen atoms in total. The van der Waals surface area contributed by atoms with E-state index < -0.39 is 5.41 Å². The van der Waals surface area contributed by atoms with Gasteiger partial charge >= 0.3 is 0 Å². The molecular formula is C12H16BrN3OS. The molecule has 0 aliphatic heterocycles. The van der Waals surface area contributed by atoms with Gasteiger partial charge in [0.15, 0.2) is 0 Å². The average molecular weight is 330 g/mol. The van der Waals surface area contributed by atoms with Gasteiger partial charge in [-0.1, -0.05) is 26.1 Å². The molecular weight excluding hydrogens is 314 g/mol. The van der Waals surface area contributed by atoms with E-state index in [0.717, 1.165) is 4.47 Å². The molecule has 18 heavy (non-hydrogen) atoms. The number of nitrogens with zero attached hydrogens (tertiary/aromatic N) is 1. The molecule has 0 radical (unpaired) electrons. The summed E-state index contributed by atoms with van der Waals surface area (Å²) in [7, 11) is 0. The van der Waals surface area contributed by atoms with Gasteiger partial charge in [0.2, 0.25) is 5.91 Å². The number of amides is 1. The van der Waals surface area contributed by atoms with E-state index in [-0.39, 0.29) is 10.9 Å². The van der Waals surface area contributed by atoms with Crippen LogP contribution in [-0.4, -0.2) is 15.9 Å². The lowest BCUT2D eigenvalue weighted by atomic mass is 9.81. The van der Waals surface area contributed by atoms with Crippen molar-refractivity contribution >= 4 is 44.9 Å². The quantitative estimate of drug-likeness (QED) is 0.815. The molecule has 0 saturated heterocycles. The Kier molecular flexibility index (Phi) is 5.22. The fourth-order valence-electron chi connectivity index (χ4n) is 1.72. The molecule has 1 aromatic heterocycles. The van der Waals surface area contributed by atoms with E-state index in [2.05, 4.69) is 26.2 Å². The Hall–Kier alpha value is -1.01. The Labute approximate surface area is 120 Å². The van der Waals surface area contributed by atoms with Crippen molar-refractivity contribution in [3.8, 4) is 0 Å². The summed E-state index contributed by atoms with van der Waals surface area (Å²) in [5.74, 6) is 0.292. The van der Waals surface area contributed by atoms with Crippen molar-refractivity contribution in [2.24, 2.45) is 11.1 Å². The number of aromatic nitrogens is 1. The number of nitrogens with two attached hydrogens (primary N) is 1. The maximum Gasteiger partial charge on any atom is 0.238 e. The van der Waals surface area contributed by atoms with Gasteiger partial charge in [0.1, 0.15) is 5.82 Å². The lowest BCUT2D eigenvalue weighted by molar-refractivity contribution is -0.122. The molecule has 1 heterocycles. The molecule has 0 saturated carbocycles. The van der Waals surface area contributed by atoms with Gasteiger partial charge in [0.05, 0.1) is 10.4 Å². The van der Waals surface area contributed by atoms with E-state index in [1.54, 1.807) is 12.3 Å². The predicted octanol–water partition coefficient (Wildman–Crippen LogP) is 2.88. The normalized spacial score (nSPS) is 11.1. The minimum Gasteiger partial charge on any atom is -0.392 e. The Morgan fingerprint density at radius 2 is 2.11 bits per heavy atom. The second-order valence-electron chi connectivity index (χ2n) is 3.97. The number of hydrogen-bond donors (Lipinski definition) is 2. The van der Waals surface area contributed by atoms with Crippen molar-refractivity contribution in [3.05, 3.63) is 22.8 Å². The van der Waals surface area contributed by atoms with Crippen LogP contribution < -0.4 is 11.1 Å². The van der Waals surface area contributed by atoms with Crippen molar-refractivity contribution in [3.63, 3.8) is 0 Å². The van der Waals surface area contributed by atoms with Gasteiger partial charge in [0, 0.05) is 10.7 Å². The molecule has 0 aliphatic rings. The maximum absolute atomic E-state index is 12.3. The van der Waals surface area contributed by atoms with E-state index in [1.165, 1.54) is 0 Å². The van der Waals surface area contributed by atoms with Crippen LogP contribution in [0.25, 0.3) is 0 Å². The van der Waals surface area contributed by atoms with Crippen LogP contribution >= 0.6 is 28.1 Å². The fourth-order valence-corrected chi connectivity index (χ4v) is 2.33. The molecule has 0 atom stereocenters. The van der Waals surface area contributed by atoms with Gasteiger partial charge in [-0.3, -0.25) is 4.79 Å². The van der Waals surface area contributed by atoms with E-state index >= 15 is 0 Å². The van der Waals surface area contributed by atoms with E-state index in [4.69, 9.17) is 18.0 Å². The van der Waals surface area contributed by atoms with Crippen molar-refractivity contribution in [2.75, 3.05) is 5.32 Å². The van der Waals surface area contributed by atoms with E-state index in [9.17, 15) is 4.79 Å². The Morgan fingerprint density at radius 3 is 2.50 bits per heavy atom. The van der Waals surface area contributed by atoms with Crippen LogP contribution in [-0.2, 0) is 4.79 Å². The highest BCUT2D eigenvalue weighted by atomic mass is 79.9. The molecule has 3 N–H and O–H groups in total. The number of nitrogens with one attached hydrogen (secondary N) is 1. The number of halogens is 1. The van der Waals surface area contributed by atoms with Crippen molar-refractivity contribution in [2.45, 2.75) is 26.7 Å². The Balaban J connectivity index is 2.92. The zero-order chi connectivity index (χ0) is 13.8. The highest BCUT2D eigenvalue weighted by molar-refractivity contribution is 9.10. The molecule has 0 fully saturated rings. The highest BCUT2D eigenvalue weighted by Gasteiger charge is 2.38. The number of hydrogen-bond acceptors (Lipinski definition) is 3. The summed E-state index contributed by atoms with van der Waals surface area (Å²) in [5, 5.41) is 2.75. The predicted molar refractivity (Wildman–Crippen MR) is 80.4 cm³/mol. The van der Waals surface area contributed by atoms with Gasteiger partial charge in [-0.25, -0.2) is 4.98 Å². The van der Waals surface area contributed by atoms with E-state index in [1.807, 2.05) is 19.9 Å². The molecule has 1 rings (SSSR count). The van der Waals surface area contributed by atoms with Crippen LogP contribution in [0, 0.1) is 5.41 Å². The lowest BCUT2D eigenvalue weighted by Crippen LogP contribution is -2.45. The van der Waals surface area contributed by atoms with Crippen LogP contribution in [0.1, 0.15) is 26.7 Å². The topological polar surface area (TPSA) is 68.0 Å². The van der Waals surface area contributed by atoms with Gasteiger partial charge in [-0.2, -0.15) is 0 Å². The fraction of sp³-hybridized carbons (Fsp3) is 0.417. The maximum atomic E-state index is 12.3. The first-order valence-corrected chi connectivity index (χ1v) is 6.89. The number of pyridine rings is 1. The number of anilines is 1. The smallest absolute Gasteiger partial charge is 0.238 e. The summed E-state index contributed by atoms with van der Waals surface area (Å²) >= 11 is 8.32. The third kappa shape index (κ3) is 3.05. The summed E-state index contributed by atoms with van der Waals surface area (Å²) in [6, 6.07) is 3.53. The number of rotatable bonds is 5. The van der Waals surface area contributed by atoms with Gasteiger partial charge < -0.3 is 11.1 Å². The Bertz CT molecular complexity index is 443. The van der Waals surface area contributed by atoms with Crippen LogP contribution in [0.4, 0.5) is 5.82 Å². The minimum atomic E-state index is -0.802. The third-order valence-electron chi connectivity index (χ3n) is 3.08. The van der Waals surface area contributed by atoms with Gasteiger partial charge in [0.25, 0.3) is 0 Å². The number of carbonyl (C=O) groups excluding carboxylic acids is 1. The molecule has 0 unspecified atom stereocenters. The van der Waals surface area contributed by atoms with Crippen LogP contribution in [0.15, 0.2) is 22.8 Å². The van der Waals surface area contributed by atoms with Crippen LogP contribution in [0.3, 0.4) is 0 Å². The van der Waals surface area contributed by atoms with Crippen molar-refractivity contribution in [1.82, 2.24) is 4.98 Å². The zero-order valence-corrected chi connectivity index (χ0v) is 12.8. The minimum absolute atomic E-state index is 0.199. The largest absolute Gasteiger partial charge is 0.392 e. The molecule has 0 spiro atoms. The monoisotopic (exact) mass is 329 g/mol. The van der Waals surface area contributed by atoms with Gasteiger partial charge in [-0.15, -0.1) is 0 Å². The standard InChI is InChI=1S/C12H16BrN3OS/c1-3-12(4-2,10(14)18)11(17)16-9-6-5-8(13)7-15-9/h5-7H,3-4H2,1-2H3,(H2,14,18)(H,15,16,17). The molecule has 6 heteroatoms. The second-order valence-corrected chi connectivity index (χ2v) is 5.32.